The normalized spacial score (nSPS) is 23.1. The molecule has 17 heavy (non-hydrogen) atoms. The zero-order valence-electron chi connectivity index (χ0n) is 10.1. The Kier molecular flexibility index (Phi) is 2.84. The molecule has 1 unspecified atom stereocenters. The SMILES string of the molecule is O=C(C1=CCCC1)C1CCCc2ccccc21. The van der Waals surface area contributed by atoms with E-state index in [4.69, 9.17) is 0 Å². The van der Waals surface area contributed by atoms with Crippen LogP contribution in [0.2, 0.25) is 0 Å². The first-order valence-electron chi connectivity index (χ1n) is 6.67. The van der Waals surface area contributed by atoms with Crippen LogP contribution in [0, 0.1) is 0 Å². The van der Waals surface area contributed by atoms with E-state index in [1.54, 1.807) is 0 Å². The first-order chi connectivity index (χ1) is 8.36. The van der Waals surface area contributed by atoms with Crippen LogP contribution in [0.5, 0.6) is 0 Å². The van der Waals surface area contributed by atoms with E-state index in [9.17, 15) is 4.79 Å². The van der Waals surface area contributed by atoms with Gasteiger partial charge in [0.05, 0.1) is 0 Å². The molecule has 0 saturated heterocycles. The topological polar surface area (TPSA) is 17.1 Å². The summed E-state index contributed by atoms with van der Waals surface area (Å²) in [7, 11) is 0. The summed E-state index contributed by atoms with van der Waals surface area (Å²) in [6.45, 7) is 0. The largest absolute Gasteiger partial charge is 0.294 e. The molecule has 1 nitrogen and oxygen atoms in total. The van der Waals surface area contributed by atoms with E-state index in [-0.39, 0.29) is 5.92 Å². The van der Waals surface area contributed by atoms with Gasteiger partial charge in [0.15, 0.2) is 5.78 Å². The van der Waals surface area contributed by atoms with Gasteiger partial charge in [-0.3, -0.25) is 4.79 Å². The second-order valence-electron chi connectivity index (χ2n) is 5.13. The molecule has 0 fully saturated rings. The van der Waals surface area contributed by atoms with Gasteiger partial charge in [0, 0.05) is 5.92 Å². The van der Waals surface area contributed by atoms with Gasteiger partial charge in [-0.15, -0.1) is 0 Å². The first-order valence-corrected chi connectivity index (χ1v) is 6.67. The van der Waals surface area contributed by atoms with Gasteiger partial charge in [0.2, 0.25) is 0 Å². The van der Waals surface area contributed by atoms with Crippen LogP contribution in [0.1, 0.15) is 49.1 Å². The molecule has 88 valence electrons. The zero-order chi connectivity index (χ0) is 11.7. The first kappa shape index (κ1) is 10.8. The Morgan fingerprint density at radius 1 is 1.12 bits per heavy atom. The number of benzene rings is 1. The second-order valence-corrected chi connectivity index (χ2v) is 5.13. The average molecular weight is 226 g/mol. The Morgan fingerprint density at radius 2 is 2.00 bits per heavy atom. The molecule has 1 aromatic carbocycles. The lowest BCUT2D eigenvalue weighted by atomic mass is 9.78. The maximum absolute atomic E-state index is 12.5. The van der Waals surface area contributed by atoms with Gasteiger partial charge in [-0.1, -0.05) is 30.3 Å². The lowest BCUT2D eigenvalue weighted by Gasteiger charge is -2.24. The van der Waals surface area contributed by atoms with E-state index in [2.05, 4.69) is 30.3 Å². The maximum atomic E-state index is 12.5. The summed E-state index contributed by atoms with van der Waals surface area (Å²) in [6.07, 6.45) is 8.73. The Hall–Kier alpha value is -1.37. The summed E-state index contributed by atoms with van der Waals surface area (Å²) in [4.78, 5) is 12.5. The third-order valence-corrected chi connectivity index (χ3v) is 4.04. The fraction of sp³-hybridized carbons (Fsp3) is 0.438. The number of fused-ring (bicyclic) bond motifs is 1. The van der Waals surface area contributed by atoms with E-state index in [1.807, 2.05) is 0 Å². The molecular formula is C16H18O. The van der Waals surface area contributed by atoms with Crippen molar-refractivity contribution in [2.75, 3.05) is 0 Å². The van der Waals surface area contributed by atoms with E-state index in [0.717, 1.165) is 44.1 Å². The minimum Gasteiger partial charge on any atom is -0.294 e. The van der Waals surface area contributed by atoms with Crippen LogP contribution in [0.3, 0.4) is 0 Å². The quantitative estimate of drug-likeness (QED) is 0.750. The predicted molar refractivity (Wildman–Crippen MR) is 69.1 cm³/mol. The molecule has 0 saturated carbocycles. The molecular weight excluding hydrogens is 208 g/mol. The van der Waals surface area contributed by atoms with Crippen molar-refractivity contribution >= 4 is 5.78 Å². The van der Waals surface area contributed by atoms with Crippen LogP contribution in [0.25, 0.3) is 0 Å². The summed E-state index contributed by atoms with van der Waals surface area (Å²) in [6, 6.07) is 8.47. The number of hydrogen-bond donors (Lipinski definition) is 0. The molecule has 0 bridgehead atoms. The summed E-state index contributed by atoms with van der Waals surface area (Å²) < 4.78 is 0. The number of aryl methyl sites for hydroxylation is 1. The average Bonchev–Trinajstić information content (AvgIpc) is 2.91. The van der Waals surface area contributed by atoms with Crippen molar-refractivity contribution in [2.45, 2.75) is 44.4 Å². The fourth-order valence-electron chi connectivity index (χ4n) is 3.14. The van der Waals surface area contributed by atoms with Gasteiger partial charge in [-0.2, -0.15) is 0 Å². The summed E-state index contributed by atoms with van der Waals surface area (Å²) in [5.41, 5.74) is 3.76. The lowest BCUT2D eigenvalue weighted by molar-refractivity contribution is -0.117. The summed E-state index contributed by atoms with van der Waals surface area (Å²) in [5, 5.41) is 0. The minimum atomic E-state index is 0.143. The van der Waals surface area contributed by atoms with Crippen molar-refractivity contribution in [1.82, 2.24) is 0 Å². The predicted octanol–water partition coefficient (Wildman–Crippen LogP) is 3.79. The summed E-state index contributed by atoms with van der Waals surface area (Å²) in [5.74, 6) is 0.541. The van der Waals surface area contributed by atoms with E-state index in [0.29, 0.717) is 5.78 Å². The molecule has 0 aliphatic heterocycles. The molecule has 0 heterocycles. The van der Waals surface area contributed by atoms with Crippen LogP contribution < -0.4 is 0 Å². The molecule has 3 rings (SSSR count). The van der Waals surface area contributed by atoms with Crippen molar-refractivity contribution in [3.05, 3.63) is 47.0 Å². The third-order valence-electron chi connectivity index (χ3n) is 4.04. The molecule has 2 aliphatic carbocycles. The number of rotatable bonds is 2. The Bertz CT molecular complexity index is 470. The maximum Gasteiger partial charge on any atom is 0.165 e. The van der Waals surface area contributed by atoms with Crippen molar-refractivity contribution in [2.24, 2.45) is 0 Å². The number of allylic oxidation sites excluding steroid dienone is 2. The highest BCUT2D eigenvalue weighted by Gasteiger charge is 2.28. The minimum absolute atomic E-state index is 0.143. The van der Waals surface area contributed by atoms with Crippen molar-refractivity contribution < 1.29 is 4.79 Å². The van der Waals surface area contributed by atoms with Crippen molar-refractivity contribution in [1.29, 1.82) is 0 Å². The van der Waals surface area contributed by atoms with Crippen LogP contribution in [0.15, 0.2) is 35.9 Å². The Morgan fingerprint density at radius 3 is 2.82 bits per heavy atom. The van der Waals surface area contributed by atoms with E-state index in [1.165, 1.54) is 11.1 Å². The molecule has 0 amide bonds. The standard InChI is InChI=1S/C16H18O/c17-16(13-7-1-2-8-13)15-11-5-9-12-6-3-4-10-14(12)15/h3-4,6-7,10,15H,1-2,5,8-9,11H2. The van der Waals surface area contributed by atoms with Gasteiger partial charge >= 0.3 is 0 Å². The highest BCUT2D eigenvalue weighted by atomic mass is 16.1. The molecule has 0 N–H and O–H groups in total. The number of carbonyl (C=O) groups excluding carboxylic acids is 1. The molecule has 0 spiro atoms. The van der Waals surface area contributed by atoms with Gasteiger partial charge in [-0.05, 0) is 55.2 Å². The third kappa shape index (κ3) is 1.95. The van der Waals surface area contributed by atoms with E-state index < -0.39 is 0 Å². The number of carbonyl (C=O) groups is 1. The Labute approximate surface area is 103 Å². The van der Waals surface area contributed by atoms with Crippen molar-refractivity contribution in [3.8, 4) is 0 Å². The molecule has 2 aliphatic rings. The van der Waals surface area contributed by atoms with Gasteiger partial charge in [0.1, 0.15) is 0 Å². The lowest BCUT2D eigenvalue weighted by Crippen LogP contribution is -2.19. The highest BCUT2D eigenvalue weighted by Crippen LogP contribution is 2.35. The fourth-order valence-corrected chi connectivity index (χ4v) is 3.14. The van der Waals surface area contributed by atoms with Gasteiger partial charge in [0.25, 0.3) is 0 Å². The molecule has 1 aromatic rings. The van der Waals surface area contributed by atoms with Crippen LogP contribution in [-0.4, -0.2) is 5.78 Å². The molecule has 0 aromatic heterocycles. The monoisotopic (exact) mass is 226 g/mol. The number of hydrogen-bond acceptors (Lipinski definition) is 1. The zero-order valence-corrected chi connectivity index (χ0v) is 10.1. The highest BCUT2D eigenvalue weighted by molar-refractivity contribution is 6.01. The van der Waals surface area contributed by atoms with Crippen LogP contribution >= 0.6 is 0 Å². The Balaban J connectivity index is 1.92. The number of Topliss-reactive ketones (excluding diaryl/α,β-unsaturated/α-hetero) is 1. The molecule has 1 atom stereocenters. The molecule has 1 heteroatoms. The van der Waals surface area contributed by atoms with Gasteiger partial charge < -0.3 is 0 Å². The smallest absolute Gasteiger partial charge is 0.165 e. The number of ketones is 1. The summed E-state index contributed by atoms with van der Waals surface area (Å²) >= 11 is 0. The van der Waals surface area contributed by atoms with Crippen LogP contribution in [0.4, 0.5) is 0 Å². The van der Waals surface area contributed by atoms with Gasteiger partial charge in [-0.25, -0.2) is 0 Å². The van der Waals surface area contributed by atoms with E-state index >= 15 is 0 Å². The van der Waals surface area contributed by atoms with Crippen LogP contribution in [-0.2, 0) is 11.2 Å². The van der Waals surface area contributed by atoms with Crippen molar-refractivity contribution in [3.63, 3.8) is 0 Å². The molecule has 0 radical (unpaired) electrons. The second kappa shape index (κ2) is 4.48.